The third-order valence-electron chi connectivity index (χ3n) is 5.64. The van der Waals surface area contributed by atoms with Crippen LogP contribution in [0.15, 0.2) is 46.9 Å². The Morgan fingerprint density at radius 2 is 1.94 bits per heavy atom. The molecule has 0 unspecified atom stereocenters. The van der Waals surface area contributed by atoms with Crippen LogP contribution in [-0.2, 0) is 4.74 Å². The topological polar surface area (TPSA) is 54.9 Å². The molecule has 9 heteroatoms. The van der Waals surface area contributed by atoms with Gasteiger partial charge in [-0.2, -0.15) is 0 Å². The van der Waals surface area contributed by atoms with E-state index in [4.69, 9.17) is 14.5 Å². The lowest BCUT2D eigenvalue weighted by Crippen LogP contribution is -2.39. The highest BCUT2D eigenvalue weighted by atomic mass is 79.9. The molecule has 4 rings (SSSR count). The molecule has 0 aliphatic carbocycles. The predicted molar refractivity (Wildman–Crippen MR) is 145 cm³/mol. The highest BCUT2D eigenvalue weighted by Gasteiger charge is 2.22. The van der Waals surface area contributed by atoms with Crippen molar-refractivity contribution in [2.75, 3.05) is 50.9 Å². The van der Waals surface area contributed by atoms with Crippen LogP contribution in [-0.4, -0.2) is 61.8 Å². The van der Waals surface area contributed by atoms with Crippen LogP contribution in [0.2, 0.25) is 0 Å². The Balaban J connectivity index is 0.00000324. The van der Waals surface area contributed by atoms with Crippen LogP contribution >= 0.6 is 39.7 Å². The molecule has 1 saturated heterocycles. The molecule has 1 fully saturated rings. The smallest absolute Gasteiger partial charge is 0.260 e. The zero-order chi connectivity index (χ0) is 23.0. The van der Waals surface area contributed by atoms with Crippen LogP contribution in [0.5, 0.6) is 5.75 Å². The fraction of sp³-hybridized carbons (Fsp3) is 0.440. The number of amides is 1. The summed E-state index contributed by atoms with van der Waals surface area (Å²) < 4.78 is 13.3. The van der Waals surface area contributed by atoms with Crippen molar-refractivity contribution >= 4 is 60.9 Å². The van der Waals surface area contributed by atoms with Gasteiger partial charge in [0.25, 0.3) is 5.91 Å². The normalized spacial score (nSPS) is 14.1. The number of nitrogens with zero attached hydrogens (tertiary/aromatic N) is 3. The molecule has 0 radical (unpaired) electrons. The van der Waals surface area contributed by atoms with Crippen molar-refractivity contribution in [3.05, 3.63) is 52.5 Å². The first-order valence-electron chi connectivity index (χ1n) is 11.5. The fourth-order valence-electron chi connectivity index (χ4n) is 3.75. The molecular formula is C25H31BrClN3O3S. The summed E-state index contributed by atoms with van der Waals surface area (Å²) in [7, 11) is 0. The summed E-state index contributed by atoms with van der Waals surface area (Å²) in [5, 5.41) is 0.735. The van der Waals surface area contributed by atoms with Crippen molar-refractivity contribution in [3.8, 4) is 5.75 Å². The summed E-state index contributed by atoms with van der Waals surface area (Å²) in [5.41, 5.74) is 1.55. The van der Waals surface area contributed by atoms with Gasteiger partial charge in [0, 0.05) is 36.2 Å². The molecule has 2 aromatic carbocycles. The number of aromatic nitrogens is 1. The van der Waals surface area contributed by atoms with E-state index in [1.54, 1.807) is 11.3 Å². The molecule has 0 bridgehead atoms. The van der Waals surface area contributed by atoms with E-state index in [-0.39, 0.29) is 18.3 Å². The third-order valence-corrected chi connectivity index (χ3v) is 7.18. The lowest BCUT2D eigenvalue weighted by molar-refractivity contribution is 0.0376. The Morgan fingerprint density at radius 3 is 2.68 bits per heavy atom. The van der Waals surface area contributed by atoms with E-state index in [0.29, 0.717) is 18.7 Å². The fourth-order valence-corrected chi connectivity index (χ4v) is 5.29. The van der Waals surface area contributed by atoms with Crippen LogP contribution < -0.4 is 9.64 Å². The maximum absolute atomic E-state index is 13.6. The van der Waals surface area contributed by atoms with Crippen LogP contribution in [0.3, 0.4) is 0 Å². The largest absolute Gasteiger partial charge is 0.494 e. The number of morpholine rings is 1. The summed E-state index contributed by atoms with van der Waals surface area (Å²) >= 11 is 5.08. The standard InChI is InChI=1S/C25H30BrN3O3S.ClH/c1-2-3-15-32-21-8-5-19(6-9-21)24(30)29(12-4-11-28-13-16-31-17-14-28)25-27-22-10-7-20(26)18-23(22)33-25;/h5-10,18H,2-4,11-17H2,1H3;1H. The number of rotatable bonds is 10. The zero-order valence-electron chi connectivity index (χ0n) is 19.4. The van der Waals surface area contributed by atoms with Crippen molar-refractivity contribution < 1.29 is 14.3 Å². The molecule has 1 aliphatic heterocycles. The SMILES string of the molecule is CCCCOc1ccc(C(=O)N(CCCN2CCOCC2)c2nc3ccc(Br)cc3s2)cc1.Cl. The number of hydrogen-bond donors (Lipinski definition) is 0. The van der Waals surface area contributed by atoms with Gasteiger partial charge in [0.1, 0.15) is 5.75 Å². The summed E-state index contributed by atoms with van der Waals surface area (Å²) in [6, 6.07) is 13.5. The van der Waals surface area contributed by atoms with Gasteiger partial charge in [0.2, 0.25) is 0 Å². The highest BCUT2D eigenvalue weighted by Crippen LogP contribution is 2.32. The minimum Gasteiger partial charge on any atom is -0.494 e. The van der Waals surface area contributed by atoms with Crippen molar-refractivity contribution in [2.24, 2.45) is 0 Å². The van der Waals surface area contributed by atoms with Gasteiger partial charge in [0.05, 0.1) is 30.0 Å². The molecule has 2 heterocycles. The second-order valence-electron chi connectivity index (χ2n) is 8.10. The second-order valence-corrected chi connectivity index (χ2v) is 10.0. The molecule has 1 aliphatic rings. The quantitative estimate of drug-likeness (QED) is 0.280. The Hall–Kier alpha value is -1.71. The monoisotopic (exact) mass is 567 g/mol. The summed E-state index contributed by atoms with van der Waals surface area (Å²) in [6.07, 6.45) is 2.99. The molecule has 0 atom stereocenters. The van der Waals surface area contributed by atoms with E-state index in [9.17, 15) is 4.79 Å². The molecule has 34 heavy (non-hydrogen) atoms. The van der Waals surface area contributed by atoms with Crippen molar-refractivity contribution in [1.29, 1.82) is 0 Å². The number of ether oxygens (including phenoxy) is 2. The van der Waals surface area contributed by atoms with Crippen molar-refractivity contribution in [2.45, 2.75) is 26.2 Å². The summed E-state index contributed by atoms with van der Waals surface area (Å²) in [5.74, 6) is 0.763. The van der Waals surface area contributed by atoms with Gasteiger partial charge in [0.15, 0.2) is 5.13 Å². The van der Waals surface area contributed by atoms with E-state index in [1.165, 1.54) is 0 Å². The van der Waals surface area contributed by atoms with Crippen molar-refractivity contribution in [1.82, 2.24) is 9.88 Å². The molecule has 0 N–H and O–H groups in total. The number of fused-ring (bicyclic) bond motifs is 1. The van der Waals surface area contributed by atoms with Gasteiger partial charge < -0.3 is 9.47 Å². The molecule has 184 valence electrons. The number of carbonyl (C=O) groups excluding carboxylic acids is 1. The number of carbonyl (C=O) groups is 1. The lowest BCUT2D eigenvalue weighted by atomic mass is 10.2. The number of thiazole rings is 1. The average Bonchev–Trinajstić information content (AvgIpc) is 3.25. The number of anilines is 1. The molecule has 1 amide bonds. The van der Waals surface area contributed by atoms with Gasteiger partial charge in [-0.1, -0.05) is 40.6 Å². The number of unbranched alkanes of at least 4 members (excludes halogenated alkanes) is 1. The van der Waals surface area contributed by atoms with E-state index < -0.39 is 0 Å². The van der Waals surface area contributed by atoms with Crippen molar-refractivity contribution in [3.63, 3.8) is 0 Å². The Bertz CT molecular complexity index is 1060. The zero-order valence-corrected chi connectivity index (χ0v) is 22.6. The maximum atomic E-state index is 13.6. The van der Waals surface area contributed by atoms with Gasteiger partial charge >= 0.3 is 0 Å². The minimum atomic E-state index is -0.0322. The molecule has 1 aromatic heterocycles. The van der Waals surface area contributed by atoms with Gasteiger partial charge in [-0.05, 0) is 55.3 Å². The Morgan fingerprint density at radius 1 is 1.18 bits per heavy atom. The highest BCUT2D eigenvalue weighted by molar-refractivity contribution is 9.10. The summed E-state index contributed by atoms with van der Waals surface area (Å²) in [6.45, 7) is 7.84. The first kappa shape index (κ1) is 26.9. The van der Waals surface area contributed by atoms with E-state index in [1.807, 2.05) is 41.3 Å². The van der Waals surface area contributed by atoms with Crippen LogP contribution in [0, 0.1) is 0 Å². The lowest BCUT2D eigenvalue weighted by Gasteiger charge is -2.27. The van der Waals surface area contributed by atoms with E-state index in [0.717, 1.165) is 77.7 Å². The molecule has 0 saturated carbocycles. The molecule has 3 aromatic rings. The van der Waals surface area contributed by atoms with Gasteiger partial charge in [-0.3, -0.25) is 14.6 Å². The second kappa shape index (κ2) is 13.4. The number of hydrogen-bond acceptors (Lipinski definition) is 6. The van der Waals surface area contributed by atoms with Gasteiger partial charge in [-0.15, -0.1) is 12.4 Å². The van der Waals surface area contributed by atoms with E-state index in [2.05, 4.69) is 33.8 Å². The average molecular weight is 569 g/mol. The predicted octanol–water partition coefficient (Wildman–Crippen LogP) is 6.03. The molecule has 6 nitrogen and oxygen atoms in total. The summed E-state index contributed by atoms with van der Waals surface area (Å²) in [4.78, 5) is 22.5. The van der Waals surface area contributed by atoms with Crippen LogP contribution in [0.25, 0.3) is 10.2 Å². The Labute approximate surface area is 219 Å². The van der Waals surface area contributed by atoms with Crippen LogP contribution in [0.1, 0.15) is 36.5 Å². The van der Waals surface area contributed by atoms with Crippen LogP contribution in [0.4, 0.5) is 5.13 Å². The number of halogens is 2. The molecule has 0 spiro atoms. The first-order chi connectivity index (χ1) is 16.1. The van der Waals surface area contributed by atoms with E-state index >= 15 is 0 Å². The minimum absolute atomic E-state index is 0. The number of benzene rings is 2. The first-order valence-corrected chi connectivity index (χ1v) is 13.2. The molecular weight excluding hydrogens is 538 g/mol. The van der Waals surface area contributed by atoms with Gasteiger partial charge in [-0.25, -0.2) is 4.98 Å². The maximum Gasteiger partial charge on any atom is 0.260 e. The Kier molecular flexibility index (Phi) is 10.6. The third kappa shape index (κ3) is 7.15.